The van der Waals surface area contributed by atoms with Gasteiger partial charge in [0.25, 0.3) is 0 Å². The molecule has 1 rings (SSSR count). The lowest BCUT2D eigenvalue weighted by molar-refractivity contribution is 0.588. The van der Waals surface area contributed by atoms with Gasteiger partial charge in [-0.05, 0) is 13.3 Å². The summed E-state index contributed by atoms with van der Waals surface area (Å²) >= 11 is 0. The fourth-order valence-electron chi connectivity index (χ4n) is 0.756. The van der Waals surface area contributed by atoms with E-state index in [-0.39, 0.29) is 6.04 Å². The van der Waals surface area contributed by atoms with Gasteiger partial charge in [-0.15, -0.1) is 0 Å². The first kappa shape index (κ1) is 6.04. The van der Waals surface area contributed by atoms with Crippen LogP contribution in [0.2, 0.25) is 0 Å². The third kappa shape index (κ3) is 1.20. The van der Waals surface area contributed by atoms with Crippen LogP contribution in [0.5, 0.6) is 0 Å². The monoisotopic (exact) mass is 135 g/mol. The van der Waals surface area contributed by atoms with E-state index in [0.717, 1.165) is 6.42 Å². The Morgan fingerprint density at radius 3 is 2.38 bits per heavy atom. The number of rotatable bonds is 0. The fourth-order valence-corrected chi connectivity index (χ4v) is 2.27. The van der Waals surface area contributed by atoms with Gasteiger partial charge in [-0.25, -0.2) is 13.1 Å². The molecule has 1 atom stereocenters. The van der Waals surface area contributed by atoms with Crippen molar-refractivity contribution in [1.29, 1.82) is 0 Å². The van der Waals surface area contributed by atoms with Gasteiger partial charge < -0.3 is 0 Å². The average Bonchev–Trinajstić information content (AvgIpc) is 1.82. The minimum atomic E-state index is -2.85. The van der Waals surface area contributed by atoms with Crippen molar-refractivity contribution in [2.75, 3.05) is 5.75 Å². The standard InChI is InChI=1S/C4H9NO2S/c1-4-2-3-8(6,7)5-4/h4-5H,2-3H2,1H3/t4-/m0/s1. The van der Waals surface area contributed by atoms with Crippen molar-refractivity contribution >= 4 is 10.0 Å². The number of hydrogen-bond acceptors (Lipinski definition) is 2. The maximum atomic E-state index is 10.5. The van der Waals surface area contributed by atoms with E-state index in [1.54, 1.807) is 0 Å². The number of nitrogens with one attached hydrogen (secondary N) is 1. The van der Waals surface area contributed by atoms with Crippen LogP contribution in [0.4, 0.5) is 0 Å². The van der Waals surface area contributed by atoms with Gasteiger partial charge in [0.1, 0.15) is 0 Å². The first-order valence-corrected chi connectivity index (χ1v) is 4.25. The minimum Gasteiger partial charge on any atom is -0.212 e. The topological polar surface area (TPSA) is 46.2 Å². The second-order valence-electron chi connectivity index (χ2n) is 2.13. The molecular weight excluding hydrogens is 126 g/mol. The summed E-state index contributed by atoms with van der Waals surface area (Å²) in [7, 11) is -2.85. The molecule has 48 valence electrons. The molecule has 1 saturated heterocycles. The summed E-state index contributed by atoms with van der Waals surface area (Å²) in [4.78, 5) is 0. The van der Waals surface area contributed by atoms with Gasteiger partial charge in [-0.3, -0.25) is 0 Å². The van der Waals surface area contributed by atoms with Crippen molar-refractivity contribution in [2.45, 2.75) is 19.4 Å². The first-order chi connectivity index (χ1) is 3.60. The zero-order valence-electron chi connectivity index (χ0n) is 4.72. The fraction of sp³-hybridized carbons (Fsp3) is 1.00. The molecule has 0 aromatic heterocycles. The second kappa shape index (κ2) is 1.70. The highest BCUT2D eigenvalue weighted by molar-refractivity contribution is 7.89. The van der Waals surface area contributed by atoms with Crippen LogP contribution < -0.4 is 4.72 Å². The third-order valence-corrected chi connectivity index (χ3v) is 2.73. The van der Waals surface area contributed by atoms with Crippen LogP contribution in [0.15, 0.2) is 0 Å². The van der Waals surface area contributed by atoms with Crippen molar-refractivity contribution in [2.24, 2.45) is 0 Å². The number of hydrogen-bond donors (Lipinski definition) is 1. The summed E-state index contributed by atoms with van der Waals surface area (Å²) in [6.45, 7) is 1.87. The third-order valence-electron chi connectivity index (χ3n) is 1.20. The Morgan fingerprint density at radius 2 is 2.25 bits per heavy atom. The van der Waals surface area contributed by atoms with E-state index in [9.17, 15) is 8.42 Å². The van der Waals surface area contributed by atoms with Gasteiger partial charge in [-0.2, -0.15) is 0 Å². The average molecular weight is 135 g/mol. The first-order valence-electron chi connectivity index (χ1n) is 2.60. The smallest absolute Gasteiger partial charge is 0.211 e. The van der Waals surface area contributed by atoms with Crippen LogP contribution in [0.3, 0.4) is 0 Å². The normalized spacial score (nSPS) is 35.4. The highest BCUT2D eigenvalue weighted by atomic mass is 32.2. The SMILES string of the molecule is C[C@H]1CCS(=O)(=O)N1. The summed E-state index contributed by atoms with van der Waals surface area (Å²) in [5, 5.41) is 0. The van der Waals surface area contributed by atoms with Crippen molar-refractivity contribution in [1.82, 2.24) is 4.72 Å². The molecule has 0 spiro atoms. The van der Waals surface area contributed by atoms with Crippen LogP contribution in [0.25, 0.3) is 0 Å². The summed E-state index contributed by atoms with van der Waals surface area (Å²) in [6.07, 6.45) is 0.752. The molecule has 1 heterocycles. The Morgan fingerprint density at radius 1 is 1.62 bits per heavy atom. The van der Waals surface area contributed by atoms with Crippen molar-refractivity contribution in [3.63, 3.8) is 0 Å². The molecule has 8 heavy (non-hydrogen) atoms. The molecule has 1 N–H and O–H groups in total. The molecule has 0 bridgehead atoms. The van der Waals surface area contributed by atoms with Gasteiger partial charge in [-0.1, -0.05) is 0 Å². The summed E-state index contributed by atoms with van der Waals surface area (Å²) in [6, 6.07) is 0.153. The van der Waals surface area contributed by atoms with Crippen molar-refractivity contribution in [3.8, 4) is 0 Å². The predicted octanol–water partition coefficient (Wildman–Crippen LogP) is -0.302. The van der Waals surface area contributed by atoms with Crippen LogP contribution in [0.1, 0.15) is 13.3 Å². The Bertz CT molecular complexity index is 172. The molecule has 4 heteroatoms. The second-order valence-corrected chi connectivity index (χ2v) is 4.00. The molecule has 0 radical (unpaired) electrons. The van der Waals surface area contributed by atoms with E-state index in [2.05, 4.69) is 4.72 Å². The van der Waals surface area contributed by atoms with Gasteiger partial charge in [0.05, 0.1) is 5.75 Å². The van der Waals surface area contributed by atoms with E-state index < -0.39 is 10.0 Å². The van der Waals surface area contributed by atoms with E-state index in [0.29, 0.717) is 5.75 Å². The maximum absolute atomic E-state index is 10.5. The lowest BCUT2D eigenvalue weighted by atomic mass is 10.3. The van der Waals surface area contributed by atoms with Crippen molar-refractivity contribution in [3.05, 3.63) is 0 Å². The lowest BCUT2D eigenvalue weighted by Gasteiger charge is -1.94. The molecule has 0 amide bonds. The van der Waals surface area contributed by atoms with Crippen LogP contribution in [-0.2, 0) is 10.0 Å². The van der Waals surface area contributed by atoms with Gasteiger partial charge in [0.15, 0.2) is 0 Å². The van der Waals surface area contributed by atoms with Crippen molar-refractivity contribution < 1.29 is 8.42 Å². The Hall–Kier alpha value is -0.0900. The van der Waals surface area contributed by atoms with Crippen LogP contribution >= 0.6 is 0 Å². The zero-order chi connectivity index (χ0) is 6.20. The van der Waals surface area contributed by atoms with Gasteiger partial charge >= 0.3 is 0 Å². The molecular formula is C4H9NO2S. The molecule has 0 aromatic carbocycles. The Kier molecular flexibility index (Phi) is 1.28. The van der Waals surface area contributed by atoms with E-state index in [4.69, 9.17) is 0 Å². The molecule has 0 aromatic rings. The maximum Gasteiger partial charge on any atom is 0.211 e. The van der Waals surface area contributed by atoms with Gasteiger partial charge in [0, 0.05) is 6.04 Å². The Balaban J connectivity index is 2.71. The number of sulfonamides is 1. The highest BCUT2D eigenvalue weighted by Crippen LogP contribution is 2.04. The van der Waals surface area contributed by atoms with E-state index in [1.165, 1.54) is 0 Å². The molecule has 0 saturated carbocycles. The minimum absolute atomic E-state index is 0.153. The molecule has 1 aliphatic rings. The Labute approximate surface area is 49.1 Å². The quantitative estimate of drug-likeness (QED) is 0.495. The molecule has 0 unspecified atom stereocenters. The van der Waals surface area contributed by atoms with Gasteiger partial charge in [0.2, 0.25) is 10.0 Å². The van der Waals surface area contributed by atoms with E-state index >= 15 is 0 Å². The summed E-state index contributed by atoms with van der Waals surface area (Å²) in [5.41, 5.74) is 0. The highest BCUT2D eigenvalue weighted by Gasteiger charge is 2.22. The largest absolute Gasteiger partial charge is 0.212 e. The van der Waals surface area contributed by atoms with Crippen LogP contribution in [-0.4, -0.2) is 20.2 Å². The van der Waals surface area contributed by atoms with E-state index in [1.807, 2.05) is 6.92 Å². The summed E-state index contributed by atoms with van der Waals surface area (Å²) in [5.74, 6) is 0.300. The molecule has 0 aliphatic carbocycles. The zero-order valence-corrected chi connectivity index (χ0v) is 5.53. The van der Waals surface area contributed by atoms with Crippen LogP contribution in [0, 0.1) is 0 Å². The molecule has 1 fully saturated rings. The molecule has 3 nitrogen and oxygen atoms in total. The molecule has 1 aliphatic heterocycles. The lowest BCUT2D eigenvalue weighted by Crippen LogP contribution is -2.22. The summed E-state index contributed by atoms with van der Waals surface area (Å²) < 4.78 is 23.5. The predicted molar refractivity (Wildman–Crippen MR) is 31.0 cm³/mol.